The Kier molecular flexibility index (Phi) is 4.79. The normalized spacial score (nSPS) is 30.9. The highest BCUT2D eigenvalue weighted by molar-refractivity contribution is 7.99. The van der Waals surface area contributed by atoms with Gasteiger partial charge in [-0.25, -0.2) is 0 Å². The van der Waals surface area contributed by atoms with Crippen LogP contribution in [0.4, 0.5) is 0 Å². The first-order valence-electron chi connectivity index (χ1n) is 7.11. The summed E-state index contributed by atoms with van der Waals surface area (Å²) in [6, 6.07) is 1.15. The molecule has 0 saturated heterocycles. The molecule has 2 N–H and O–H groups in total. The van der Waals surface area contributed by atoms with Crippen LogP contribution in [0.3, 0.4) is 0 Å². The summed E-state index contributed by atoms with van der Waals surface area (Å²) in [5, 5.41) is 13.5. The molecule has 3 atom stereocenters. The molecule has 3 unspecified atom stereocenters. The van der Waals surface area contributed by atoms with Crippen molar-refractivity contribution in [1.29, 1.82) is 0 Å². The molecule has 2 aliphatic carbocycles. The van der Waals surface area contributed by atoms with Gasteiger partial charge in [0.25, 0.3) is 0 Å². The second kappa shape index (κ2) is 5.94. The average Bonchev–Trinajstić information content (AvgIpc) is 2.37. The van der Waals surface area contributed by atoms with Crippen molar-refractivity contribution in [2.75, 3.05) is 12.9 Å². The lowest BCUT2D eigenvalue weighted by atomic mass is 9.57. The molecule has 0 bridgehead atoms. The number of nitrogens with one attached hydrogen (secondary N) is 1. The molecule has 0 aliphatic heterocycles. The third-order valence-corrected chi connectivity index (χ3v) is 6.19. The summed E-state index contributed by atoms with van der Waals surface area (Å²) in [7, 11) is 0. The van der Waals surface area contributed by atoms with E-state index in [0.717, 1.165) is 6.04 Å². The maximum absolute atomic E-state index is 9.34. The molecule has 17 heavy (non-hydrogen) atoms. The van der Waals surface area contributed by atoms with Gasteiger partial charge in [0.2, 0.25) is 0 Å². The zero-order valence-electron chi connectivity index (χ0n) is 11.2. The topological polar surface area (TPSA) is 32.3 Å². The Morgan fingerprint density at radius 2 is 2.00 bits per heavy atom. The van der Waals surface area contributed by atoms with E-state index in [-0.39, 0.29) is 6.61 Å². The molecule has 0 radical (unpaired) electrons. The fraction of sp³-hybridized carbons (Fsp3) is 1.00. The molecule has 0 aromatic heterocycles. The number of hydrogen-bond acceptors (Lipinski definition) is 3. The summed E-state index contributed by atoms with van der Waals surface area (Å²) < 4.78 is 0. The SMILES string of the molecule is CSC(CO)C(C)NC1CCC12CCCCC2. The first-order chi connectivity index (χ1) is 8.22. The van der Waals surface area contributed by atoms with Gasteiger partial charge in [-0.3, -0.25) is 0 Å². The Morgan fingerprint density at radius 3 is 2.47 bits per heavy atom. The van der Waals surface area contributed by atoms with Crippen LogP contribution in [0.15, 0.2) is 0 Å². The van der Waals surface area contributed by atoms with E-state index >= 15 is 0 Å². The number of aliphatic hydroxyl groups excluding tert-OH is 1. The minimum Gasteiger partial charge on any atom is -0.395 e. The molecule has 2 aliphatic rings. The molecule has 2 saturated carbocycles. The Labute approximate surface area is 110 Å². The van der Waals surface area contributed by atoms with Crippen LogP contribution in [0.25, 0.3) is 0 Å². The van der Waals surface area contributed by atoms with E-state index in [1.165, 1.54) is 44.9 Å². The molecule has 0 amide bonds. The zero-order chi connectivity index (χ0) is 12.3. The van der Waals surface area contributed by atoms with Crippen LogP contribution < -0.4 is 5.32 Å². The summed E-state index contributed by atoms with van der Waals surface area (Å²) in [6.45, 7) is 2.52. The first kappa shape index (κ1) is 13.7. The Morgan fingerprint density at radius 1 is 1.29 bits per heavy atom. The van der Waals surface area contributed by atoms with E-state index in [1.54, 1.807) is 11.8 Å². The van der Waals surface area contributed by atoms with Crippen molar-refractivity contribution in [3.05, 3.63) is 0 Å². The van der Waals surface area contributed by atoms with E-state index in [9.17, 15) is 5.11 Å². The number of rotatable bonds is 5. The highest BCUT2D eigenvalue weighted by Crippen LogP contribution is 2.51. The largest absolute Gasteiger partial charge is 0.395 e. The fourth-order valence-electron chi connectivity index (χ4n) is 3.67. The van der Waals surface area contributed by atoms with Gasteiger partial charge in [0.05, 0.1) is 6.61 Å². The molecule has 2 rings (SSSR count). The Bertz CT molecular complexity index is 236. The van der Waals surface area contributed by atoms with E-state index in [0.29, 0.717) is 16.7 Å². The lowest BCUT2D eigenvalue weighted by Crippen LogP contribution is -2.58. The second-order valence-corrected chi connectivity index (χ2v) is 7.00. The molecular weight excluding hydrogens is 230 g/mol. The quantitative estimate of drug-likeness (QED) is 0.794. The van der Waals surface area contributed by atoms with E-state index in [2.05, 4.69) is 18.5 Å². The summed E-state index contributed by atoms with van der Waals surface area (Å²) in [5.41, 5.74) is 0.630. The van der Waals surface area contributed by atoms with Gasteiger partial charge in [-0.05, 0) is 44.3 Å². The van der Waals surface area contributed by atoms with Crippen LogP contribution in [0, 0.1) is 5.41 Å². The van der Waals surface area contributed by atoms with Crippen LogP contribution in [0.2, 0.25) is 0 Å². The van der Waals surface area contributed by atoms with E-state index in [4.69, 9.17) is 0 Å². The van der Waals surface area contributed by atoms with Crippen LogP contribution in [-0.4, -0.2) is 35.3 Å². The van der Waals surface area contributed by atoms with E-state index < -0.39 is 0 Å². The minimum atomic E-state index is 0.287. The predicted octanol–water partition coefficient (Wildman–Crippen LogP) is 2.80. The van der Waals surface area contributed by atoms with Crippen molar-refractivity contribution >= 4 is 11.8 Å². The van der Waals surface area contributed by atoms with Crippen molar-refractivity contribution in [2.45, 2.75) is 69.2 Å². The van der Waals surface area contributed by atoms with Crippen LogP contribution >= 0.6 is 11.8 Å². The summed E-state index contributed by atoms with van der Waals surface area (Å²) in [5.74, 6) is 0. The van der Waals surface area contributed by atoms with Gasteiger partial charge in [-0.2, -0.15) is 11.8 Å². The second-order valence-electron chi connectivity index (χ2n) is 5.93. The molecule has 2 nitrogen and oxygen atoms in total. The van der Waals surface area contributed by atoms with Gasteiger partial charge in [0, 0.05) is 17.3 Å². The standard InChI is InChI=1S/C14H27NOS/c1-11(12(10-16)17-2)15-13-6-9-14(13)7-4-3-5-8-14/h11-13,15-16H,3-10H2,1-2H3. The molecule has 1 spiro atoms. The number of hydrogen-bond donors (Lipinski definition) is 2. The van der Waals surface area contributed by atoms with Gasteiger partial charge in [-0.15, -0.1) is 0 Å². The monoisotopic (exact) mass is 257 g/mol. The third-order valence-electron chi connectivity index (χ3n) is 5.02. The van der Waals surface area contributed by atoms with Crippen molar-refractivity contribution in [3.63, 3.8) is 0 Å². The zero-order valence-corrected chi connectivity index (χ0v) is 12.1. The van der Waals surface area contributed by atoms with Gasteiger partial charge in [-0.1, -0.05) is 19.3 Å². The maximum Gasteiger partial charge on any atom is 0.0564 e. The lowest BCUT2D eigenvalue weighted by Gasteiger charge is -2.53. The van der Waals surface area contributed by atoms with Crippen molar-refractivity contribution in [3.8, 4) is 0 Å². The van der Waals surface area contributed by atoms with Gasteiger partial charge in [0.1, 0.15) is 0 Å². The molecule has 0 heterocycles. The predicted molar refractivity (Wildman–Crippen MR) is 75.5 cm³/mol. The molecule has 0 aromatic rings. The molecule has 100 valence electrons. The average molecular weight is 257 g/mol. The number of thioether (sulfide) groups is 1. The van der Waals surface area contributed by atoms with Gasteiger partial charge >= 0.3 is 0 Å². The fourth-order valence-corrected chi connectivity index (χ4v) is 4.31. The minimum absolute atomic E-state index is 0.287. The first-order valence-corrected chi connectivity index (χ1v) is 8.40. The number of aliphatic hydroxyl groups is 1. The summed E-state index contributed by atoms with van der Waals surface area (Å²) in [6.07, 6.45) is 12.0. The van der Waals surface area contributed by atoms with Crippen LogP contribution in [0.1, 0.15) is 51.9 Å². The van der Waals surface area contributed by atoms with Crippen molar-refractivity contribution < 1.29 is 5.11 Å². The Hall–Kier alpha value is 0.270. The molecule has 0 aromatic carbocycles. The van der Waals surface area contributed by atoms with Crippen LogP contribution in [0.5, 0.6) is 0 Å². The lowest BCUT2D eigenvalue weighted by molar-refractivity contribution is 0.0165. The summed E-state index contributed by atoms with van der Waals surface area (Å²) >= 11 is 1.78. The molecular formula is C14H27NOS. The molecule has 2 fully saturated rings. The van der Waals surface area contributed by atoms with Crippen molar-refractivity contribution in [2.24, 2.45) is 5.41 Å². The summed E-state index contributed by atoms with van der Waals surface area (Å²) in [4.78, 5) is 0. The van der Waals surface area contributed by atoms with E-state index in [1.807, 2.05) is 0 Å². The highest BCUT2D eigenvalue weighted by Gasteiger charge is 2.47. The van der Waals surface area contributed by atoms with Gasteiger partial charge in [0.15, 0.2) is 0 Å². The van der Waals surface area contributed by atoms with Crippen molar-refractivity contribution in [1.82, 2.24) is 5.32 Å². The maximum atomic E-state index is 9.34. The smallest absolute Gasteiger partial charge is 0.0564 e. The Balaban J connectivity index is 1.86. The van der Waals surface area contributed by atoms with Crippen LogP contribution in [-0.2, 0) is 0 Å². The highest BCUT2D eigenvalue weighted by atomic mass is 32.2. The third kappa shape index (κ3) is 2.82. The molecule has 3 heteroatoms. The van der Waals surface area contributed by atoms with Gasteiger partial charge < -0.3 is 10.4 Å².